The fourth-order valence-electron chi connectivity index (χ4n) is 4.82. The molecular formula is C23H22F2N4O2. The molecule has 0 bridgehead atoms. The van der Waals surface area contributed by atoms with Crippen LogP contribution >= 0.6 is 0 Å². The van der Waals surface area contributed by atoms with Crippen LogP contribution in [0, 0.1) is 17.0 Å². The van der Waals surface area contributed by atoms with Gasteiger partial charge in [-0.3, -0.25) is 9.59 Å². The molecule has 2 fully saturated rings. The highest BCUT2D eigenvalue weighted by molar-refractivity contribution is 6.00. The average Bonchev–Trinajstić information content (AvgIpc) is 3.23. The summed E-state index contributed by atoms with van der Waals surface area (Å²) in [4.78, 5) is 31.4. The number of fused-ring (bicyclic) bond motifs is 1. The lowest BCUT2D eigenvalue weighted by atomic mass is 9.67. The monoisotopic (exact) mass is 424 g/mol. The normalized spacial score (nSPS) is 18.2. The molecule has 1 aliphatic heterocycles. The minimum atomic E-state index is -0.730. The van der Waals surface area contributed by atoms with Crippen LogP contribution in [0.3, 0.4) is 0 Å². The van der Waals surface area contributed by atoms with E-state index >= 15 is 0 Å². The van der Waals surface area contributed by atoms with Gasteiger partial charge in [0.05, 0.1) is 11.1 Å². The van der Waals surface area contributed by atoms with Crippen molar-refractivity contribution in [2.45, 2.75) is 31.7 Å². The Morgan fingerprint density at radius 2 is 1.84 bits per heavy atom. The Labute approximate surface area is 177 Å². The number of carbonyl (C=O) groups excluding carboxylic acids is 2. The zero-order chi connectivity index (χ0) is 21.6. The van der Waals surface area contributed by atoms with Crippen LogP contribution in [0.4, 0.5) is 8.78 Å². The molecule has 160 valence electrons. The van der Waals surface area contributed by atoms with Crippen LogP contribution in [0.5, 0.6) is 0 Å². The molecular weight excluding hydrogens is 402 g/mol. The molecule has 0 unspecified atom stereocenters. The van der Waals surface area contributed by atoms with Gasteiger partial charge in [-0.15, -0.1) is 0 Å². The van der Waals surface area contributed by atoms with Crippen LogP contribution in [0.25, 0.3) is 5.65 Å². The first kappa shape index (κ1) is 19.7. The highest BCUT2D eigenvalue weighted by Gasteiger charge is 2.47. The molecule has 6 nitrogen and oxygen atoms in total. The summed E-state index contributed by atoms with van der Waals surface area (Å²) < 4.78 is 29.0. The van der Waals surface area contributed by atoms with Crippen LogP contribution in [-0.2, 0) is 0 Å². The molecule has 0 atom stereocenters. The van der Waals surface area contributed by atoms with Gasteiger partial charge in [-0.05, 0) is 56.0 Å². The van der Waals surface area contributed by atoms with E-state index in [0.717, 1.165) is 43.9 Å². The first-order valence-electron chi connectivity index (χ1n) is 10.4. The van der Waals surface area contributed by atoms with Crippen LogP contribution in [0.15, 0.2) is 48.9 Å². The number of halogens is 2. The second kappa shape index (κ2) is 7.44. The van der Waals surface area contributed by atoms with E-state index in [4.69, 9.17) is 0 Å². The van der Waals surface area contributed by atoms with E-state index in [1.807, 2.05) is 27.8 Å². The van der Waals surface area contributed by atoms with Crippen molar-refractivity contribution in [3.05, 3.63) is 71.7 Å². The van der Waals surface area contributed by atoms with Crippen LogP contribution < -0.4 is 5.32 Å². The van der Waals surface area contributed by atoms with Crippen molar-refractivity contribution in [1.82, 2.24) is 19.6 Å². The summed E-state index contributed by atoms with van der Waals surface area (Å²) in [6, 6.07) is 6.44. The molecule has 2 aliphatic rings. The van der Waals surface area contributed by atoms with Crippen LogP contribution in [-0.4, -0.2) is 45.2 Å². The molecule has 0 radical (unpaired) electrons. The number of aromatic nitrogens is 2. The number of rotatable bonds is 3. The van der Waals surface area contributed by atoms with Gasteiger partial charge in [0.25, 0.3) is 11.8 Å². The second-order valence-electron chi connectivity index (χ2n) is 8.61. The Morgan fingerprint density at radius 1 is 1.06 bits per heavy atom. The van der Waals surface area contributed by atoms with E-state index in [0.29, 0.717) is 24.3 Å². The van der Waals surface area contributed by atoms with Crippen LogP contribution in [0.1, 0.15) is 46.4 Å². The van der Waals surface area contributed by atoms with Crippen molar-refractivity contribution >= 4 is 17.5 Å². The van der Waals surface area contributed by atoms with Gasteiger partial charge in [0, 0.05) is 43.1 Å². The van der Waals surface area contributed by atoms with Crippen LogP contribution in [0.2, 0.25) is 0 Å². The minimum Gasteiger partial charge on any atom is -0.349 e. The summed E-state index contributed by atoms with van der Waals surface area (Å²) in [5.74, 6) is -1.97. The molecule has 1 aliphatic carbocycles. The number of imidazole rings is 1. The predicted molar refractivity (Wildman–Crippen MR) is 110 cm³/mol. The minimum absolute atomic E-state index is 0.0144. The number of likely N-dealkylation sites (tertiary alicyclic amines) is 1. The Morgan fingerprint density at radius 3 is 2.61 bits per heavy atom. The van der Waals surface area contributed by atoms with Gasteiger partial charge < -0.3 is 14.6 Å². The topological polar surface area (TPSA) is 66.7 Å². The number of hydrogen-bond acceptors (Lipinski definition) is 3. The highest BCUT2D eigenvalue weighted by Crippen LogP contribution is 2.44. The molecule has 1 saturated carbocycles. The lowest BCUT2D eigenvalue weighted by Gasteiger charge is -2.53. The fraction of sp³-hybridized carbons (Fsp3) is 0.348. The molecule has 1 saturated heterocycles. The van der Waals surface area contributed by atoms with E-state index in [1.165, 1.54) is 0 Å². The Kier molecular flexibility index (Phi) is 4.72. The Hall–Kier alpha value is -3.29. The largest absolute Gasteiger partial charge is 0.349 e. The summed E-state index contributed by atoms with van der Waals surface area (Å²) in [5.41, 5.74) is 1.06. The van der Waals surface area contributed by atoms with Crippen molar-refractivity contribution in [2.24, 2.45) is 5.41 Å². The summed E-state index contributed by atoms with van der Waals surface area (Å²) in [6.07, 6.45) is 8.61. The van der Waals surface area contributed by atoms with Crippen molar-refractivity contribution < 1.29 is 18.4 Å². The summed E-state index contributed by atoms with van der Waals surface area (Å²) in [6.45, 7) is 1.37. The van der Waals surface area contributed by atoms with Crippen molar-refractivity contribution in [3.8, 4) is 0 Å². The molecule has 3 aromatic rings. The summed E-state index contributed by atoms with van der Waals surface area (Å²) in [7, 11) is 0. The number of nitrogens with zero attached hydrogens (tertiary/aromatic N) is 3. The van der Waals surface area contributed by atoms with Gasteiger partial charge in [-0.25, -0.2) is 13.8 Å². The quantitative estimate of drug-likeness (QED) is 0.701. The number of benzene rings is 1. The van der Waals surface area contributed by atoms with Crippen molar-refractivity contribution in [2.75, 3.05) is 13.1 Å². The number of amides is 2. The standard InChI is InChI=1S/C23H22F2N4O2/c24-15-3-4-19(25)18(12-15)21(30)27-16-5-7-23(8-6-16)13-29(14-23)22(31)17-2-1-10-28-11-9-26-20(17)28/h1-4,9-12,16H,5-8,13-14H2,(H,27,30). The van der Waals surface area contributed by atoms with Gasteiger partial charge in [0.15, 0.2) is 0 Å². The Balaban J connectivity index is 1.17. The molecule has 8 heteroatoms. The fourth-order valence-corrected chi connectivity index (χ4v) is 4.82. The zero-order valence-corrected chi connectivity index (χ0v) is 16.9. The van der Waals surface area contributed by atoms with E-state index in [-0.39, 0.29) is 22.9 Å². The van der Waals surface area contributed by atoms with Gasteiger partial charge in [-0.2, -0.15) is 0 Å². The first-order chi connectivity index (χ1) is 14.9. The number of hydrogen-bond donors (Lipinski definition) is 1. The van der Waals surface area contributed by atoms with E-state index < -0.39 is 17.5 Å². The zero-order valence-electron chi connectivity index (χ0n) is 16.9. The average molecular weight is 424 g/mol. The second-order valence-corrected chi connectivity index (χ2v) is 8.61. The third kappa shape index (κ3) is 3.56. The number of pyridine rings is 1. The number of carbonyl (C=O) groups is 2. The molecule has 1 N–H and O–H groups in total. The maximum Gasteiger partial charge on any atom is 0.257 e. The smallest absolute Gasteiger partial charge is 0.257 e. The molecule has 5 rings (SSSR count). The molecule has 2 aromatic heterocycles. The SMILES string of the molecule is O=C(NC1CCC2(CC1)CN(C(=O)c1cccn3ccnc13)C2)c1cc(F)ccc1F. The Bertz CT molecular complexity index is 1160. The van der Waals surface area contributed by atoms with Gasteiger partial charge in [0.2, 0.25) is 0 Å². The summed E-state index contributed by atoms with van der Waals surface area (Å²) in [5, 5.41) is 2.83. The van der Waals surface area contributed by atoms with Gasteiger partial charge >= 0.3 is 0 Å². The first-order valence-corrected chi connectivity index (χ1v) is 10.4. The highest BCUT2D eigenvalue weighted by atomic mass is 19.1. The van der Waals surface area contributed by atoms with Crippen molar-refractivity contribution in [3.63, 3.8) is 0 Å². The van der Waals surface area contributed by atoms with Gasteiger partial charge in [-0.1, -0.05) is 0 Å². The van der Waals surface area contributed by atoms with Gasteiger partial charge in [0.1, 0.15) is 17.3 Å². The maximum atomic E-state index is 13.8. The molecule has 2 amide bonds. The molecule has 3 heterocycles. The molecule has 31 heavy (non-hydrogen) atoms. The third-order valence-corrected chi connectivity index (χ3v) is 6.54. The third-order valence-electron chi connectivity index (χ3n) is 6.54. The summed E-state index contributed by atoms with van der Waals surface area (Å²) >= 11 is 0. The van der Waals surface area contributed by atoms with E-state index in [2.05, 4.69) is 10.3 Å². The molecule has 1 spiro atoms. The van der Waals surface area contributed by atoms with Crippen molar-refractivity contribution in [1.29, 1.82) is 0 Å². The predicted octanol–water partition coefficient (Wildman–Crippen LogP) is 3.43. The molecule has 1 aromatic carbocycles. The lowest BCUT2D eigenvalue weighted by molar-refractivity contribution is -0.0197. The number of nitrogens with one attached hydrogen (secondary N) is 1. The lowest BCUT2D eigenvalue weighted by Crippen LogP contribution is -2.60. The van der Waals surface area contributed by atoms with E-state index in [1.54, 1.807) is 12.3 Å². The maximum absolute atomic E-state index is 13.8. The van der Waals surface area contributed by atoms with E-state index in [9.17, 15) is 18.4 Å².